The van der Waals surface area contributed by atoms with E-state index in [4.69, 9.17) is 4.98 Å². The molecular formula is C21H24N2OS. The Morgan fingerprint density at radius 3 is 2.36 bits per heavy atom. The average Bonchev–Trinajstić information content (AvgIpc) is 3.08. The van der Waals surface area contributed by atoms with Gasteiger partial charge in [-0.3, -0.25) is 4.79 Å². The molecule has 0 atom stereocenters. The molecule has 0 saturated heterocycles. The predicted molar refractivity (Wildman–Crippen MR) is 100 cm³/mol. The van der Waals surface area contributed by atoms with E-state index in [9.17, 15) is 4.79 Å². The molecule has 1 amide bonds. The van der Waals surface area contributed by atoms with E-state index in [1.54, 1.807) is 11.3 Å². The molecule has 130 valence electrons. The highest BCUT2D eigenvalue weighted by molar-refractivity contribution is 7.09. The van der Waals surface area contributed by atoms with Gasteiger partial charge in [0.25, 0.3) is 0 Å². The number of benzene rings is 1. The van der Waals surface area contributed by atoms with Crippen molar-refractivity contribution in [2.75, 3.05) is 0 Å². The van der Waals surface area contributed by atoms with Crippen molar-refractivity contribution < 1.29 is 4.79 Å². The molecule has 0 aliphatic heterocycles. The van der Waals surface area contributed by atoms with Crippen LogP contribution in [0.25, 0.3) is 11.3 Å². The van der Waals surface area contributed by atoms with Gasteiger partial charge in [-0.2, -0.15) is 0 Å². The lowest BCUT2D eigenvalue weighted by atomic mass is 9.49. The van der Waals surface area contributed by atoms with Crippen LogP contribution in [0, 0.1) is 23.2 Å². The molecule has 1 N–H and O–H groups in total. The summed E-state index contributed by atoms with van der Waals surface area (Å²) in [4.78, 5) is 17.7. The number of hydrogen-bond acceptors (Lipinski definition) is 3. The minimum absolute atomic E-state index is 0.0612. The first-order valence-electron chi connectivity index (χ1n) is 9.48. The summed E-state index contributed by atoms with van der Waals surface area (Å²) >= 11 is 1.64. The summed E-state index contributed by atoms with van der Waals surface area (Å²) in [6, 6.07) is 10.2. The molecule has 4 saturated carbocycles. The van der Waals surface area contributed by atoms with Gasteiger partial charge in [-0.25, -0.2) is 4.98 Å². The van der Waals surface area contributed by atoms with Crippen LogP contribution in [0.4, 0.5) is 0 Å². The normalized spacial score (nSPS) is 32.7. The topological polar surface area (TPSA) is 42.0 Å². The Morgan fingerprint density at radius 1 is 1.08 bits per heavy atom. The van der Waals surface area contributed by atoms with Gasteiger partial charge >= 0.3 is 0 Å². The van der Waals surface area contributed by atoms with Crippen molar-refractivity contribution in [3.8, 4) is 11.3 Å². The molecule has 2 aromatic rings. The maximum atomic E-state index is 13.0. The zero-order chi connectivity index (χ0) is 16.9. The van der Waals surface area contributed by atoms with Gasteiger partial charge in [0.2, 0.25) is 5.91 Å². The van der Waals surface area contributed by atoms with Crippen molar-refractivity contribution in [1.82, 2.24) is 10.3 Å². The molecule has 6 rings (SSSR count). The summed E-state index contributed by atoms with van der Waals surface area (Å²) in [7, 11) is 0. The molecule has 1 aromatic carbocycles. The minimum Gasteiger partial charge on any atom is -0.349 e. The molecule has 3 nitrogen and oxygen atoms in total. The van der Waals surface area contributed by atoms with E-state index in [0.29, 0.717) is 12.5 Å². The van der Waals surface area contributed by atoms with Crippen LogP contribution >= 0.6 is 11.3 Å². The van der Waals surface area contributed by atoms with E-state index in [1.165, 1.54) is 19.3 Å². The van der Waals surface area contributed by atoms with Crippen molar-refractivity contribution >= 4 is 17.2 Å². The molecule has 4 heteroatoms. The van der Waals surface area contributed by atoms with Gasteiger partial charge in [-0.1, -0.05) is 30.3 Å². The lowest BCUT2D eigenvalue weighted by molar-refractivity contribution is -0.146. The molecule has 25 heavy (non-hydrogen) atoms. The van der Waals surface area contributed by atoms with Gasteiger partial charge in [0, 0.05) is 16.4 Å². The Hall–Kier alpha value is -1.68. The molecule has 0 spiro atoms. The summed E-state index contributed by atoms with van der Waals surface area (Å²) in [6.07, 6.45) is 7.49. The Morgan fingerprint density at radius 2 is 1.72 bits per heavy atom. The first-order valence-corrected chi connectivity index (χ1v) is 10.4. The van der Waals surface area contributed by atoms with Crippen LogP contribution in [0.2, 0.25) is 0 Å². The molecule has 1 heterocycles. The maximum absolute atomic E-state index is 13.0. The number of carbonyl (C=O) groups excluding carboxylic acids is 1. The maximum Gasteiger partial charge on any atom is 0.226 e. The Bertz CT molecular complexity index is 747. The van der Waals surface area contributed by atoms with Crippen LogP contribution in [-0.4, -0.2) is 10.9 Å². The molecule has 4 aliphatic carbocycles. The monoisotopic (exact) mass is 352 g/mol. The zero-order valence-electron chi connectivity index (χ0n) is 14.4. The van der Waals surface area contributed by atoms with Crippen LogP contribution < -0.4 is 5.32 Å². The van der Waals surface area contributed by atoms with E-state index in [-0.39, 0.29) is 5.41 Å². The summed E-state index contributed by atoms with van der Waals surface area (Å²) in [5.74, 6) is 2.72. The number of rotatable bonds is 4. The fraction of sp³-hybridized carbons (Fsp3) is 0.524. The van der Waals surface area contributed by atoms with Gasteiger partial charge in [0.05, 0.1) is 12.2 Å². The molecule has 4 aliphatic rings. The second kappa shape index (κ2) is 5.94. The van der Waals surface area contributed by atoms with E-state index < -0.39 is 0 Å². The number of hydrogen-bond donors (Lipinski definition) is 1. The Labute approximate surface area is 152 Å². The van der Waals surface area contributed by atoms with Gasteiger partial charge < -0.3 is 5.32 Å². The van der Waals surface area contributed by atoms with Crippen LogP contribution in [0.5, 0.6) is 0 Å². The molecule has 1 aromatic heterocycles. The largest absolute Gasteiger partial charge is 0.349 e. The first-order chi connectivity index (χ1) is 12.2. The van der Waals surface area contributed by atoms with Crippen molar-refractivity contribution in [3.05, 3.63) is 40.7 Å². The van der Waals surface area contributed by atoms with Crippen LogP contribution in [0.3, 0.4) is 0 Å². The van der Waals surface area contributed by atoms with Crippen molar-refractivity contribution in [1.29, 1.82) is 0 Å². The van der Waals surface area contributed by atoms with Crippen LogP contribution in [0.15, 0.2) is 35.7 Å². The molecule has 4 fully saturated rings. The second-order valence-electron chi connectivity index (χ2n) is 8.37. The predicted octanol–water partition coefficient (Wildman–Crippen LogP) is 4.64. The highest BCUT2D eigenvalue weighted by Crippen LogP contribution is 2.60. The lowest BCUT2D eigenvalue weighted by Crippen LogP contribution is -2.53. The summed E-state index contributed by atoms with van der Waals surface area (Å²) < 4.78 is 0. The van der Waals surface area contributed by atoms with Crippen molar-refractivity contribution in [2.45, 2.75) is 45.1 Å². The third kappa shape index (κ3) is 2.80. The smallest absolute Gasteiger partial charge is 0.226 e. The van der Waals surface area contributed by atoms with Crippen molar-refractivity contribution in [2.24, 2.45) is 23.2 Å². The van der Waals surface area contributed by atoms with Crippen LogP contribution in [-0.2, 0) is 11.3 Å². The van der Waals surface area contributed by atoms with E-state index in [1.807, 2.05) is 18.2 Å². The quantitative estimate of drug-likeness (QED) is 0.871. The first kappa shape index (κ1) is 15.6. The lowest BCUT2D eigenvalue weighted by Gasteiger charge is -2.55. The Kier molecular flexibility index (Phi) is 3.70. The van der Waals surface area contributed by atoms with E-state index in [2.05, 4.69) is 22.8 Å². The fourth-order valence-corrected chi connectivity index (χ4v) is 6.61. The SMILES string of the molecule is O=C(NCc1nc(-c2ccccc2)cs1)C12CC3CC(CC(C3)C1)C2. The number of carbonyl (C=O) groups is 1. The minimum atomic E-state index is -0.0612. The number of nitrogens with one attached hydrogen (secondary N) is 1. The van der Waals surface area contributed by atoms with Gasteiger partial charge in [0.15, 0.2) is 0 Å². The number of thiazole rings is 1. The van der Waals surface area contributed by atoms with Gasteiger partial charge in [-0.15, -0.1) is 11.3 Å². The van der Waals surface area contributed by atoms with Crippen molar-refractivity contribution in [3.63, 3.8) is 0 Å². The summed E-state index contributed by atoms with van der Waals surface area (Å²) in [6.45, 7) is 0.568. The number of nitrogens with zero attached hydrogens (tertiary/aromatic N) is 1. The average molecular weight is 353 g/mol. The van der Waals surface area contributed by atoms with Gasteiger partial charge in [0.1, 0.15) is 5.01 Å². The number of aromatic nitrogens is 1. The summed E-state index contributed by atoms with van der Waals surface area (Å²) in [5, 5.41) is 6.31. The van der Waals surface area contributed by atoms with Gasteiger partial charge in [-0.05, 0) is 56.3 Å². The zero-order valence-corrected chi connectivity index (χ0v) is 15.2. The van der Waals surface area contributed by atoms with Crippen LogP contribution in [0.1, 0.15) is 43.5 Å². The third-order valence-electron chi connectivity index (χ3n) is 6.54. The molecular weight excluding hydrogens is 328 g/mol. The fourth-order valence-electron chi connectivity index (χ4n) is 5.87. The molecule has 4 bridgehead atoms. The third-order valence-corrected chi connectivity index (χ3v) is 7.39. The highest BCUT2D eigenvalue weighted by Gasteiger charge is 2.54. The highest BCUT2D eigenvalue weighted by atomic mass is 32.1. The summed E-state index contributed by atoms with van der Waals surface area (Å²) in [5.41, 5.74) is 2.08. The molecule has 0 radical (unpaired) electrons. The second-order valence-corrected chi connectivity index (χ2v) is 9.32. The van der Waals surface area contributed by atoms with E-state index in [0.717, 1.165) is 53.3 Å². The molecule has 0 unspecified atom stereocenters. The van der Waals surface area contributed by atoms with E-state index >= 15 is 0 Å². The standard InChI is InChI=1S/C21H24N2OS/c24-20(21-9-14-6-15(10-21)8-16(7-14)11-21)22-12-19-23-18(13-25-19)17-4-2-1-3-5-17/h1-5,13-16H,6-12H2,(H,22,24). The number of amides is 1. The Balaban J connectivity index is 1.26.